The van der Waals surface area contributed by atoms with E-state index in [1.165, 1.54) is 5.56 Å². The van der Waals surface area contributed by atoms with E-state index in [0.29, 0.717) is 0 Å². The molecule has 0 bridgehead atoms. The summed E-state index contributed by atoms with van der Waals surface area (Å²) in [5, 5.41) is 3.47. The standard InChI is InChI=1S/C19H23NO2/c1-15(17-9-6-11-18(14-17)21-2)20-13-7-10-16-8-4-5-12-19(16)22-3/h4-12,14-15,20H,13H2,1-3H3/b10-7+. The van der Waals surface area contributed by atoms with E-state index in [9.17, 15) is 0 Å². The first-order valence-corrected chi connectivity index (χ1v) is 7.41. The van der Waals surface area contributed by atoms with Gasteiger partial charge in [-0.1, -0.05) is 42.5 Å². The molecule has 0 spiro atoms. The minimum absolute atomic E-state index is 0.261. The molecule has 2 rings (SSSR count). The van der Waals surface area contributed by atoms with Crippen molar-refractivity contribution in [2.24, 2.45) is 0 Å². The Morgan fingerprint density at radius 1 is 1.05 bits per heavy atom. The van der Waals surface area contributed by atoms with E-state index in [1.807, 2.05) is 36.4 Å². The van der Waals surface area contributed by atoms with Crippen molar-refractivity contribution in [1.29, 1.82) is 0 Å². The largest absolute Gasteiger partial charge is 0.497 e. The molecular formula is C19H23NO2. The van der Waals surface area contributed by atoms with Gasteiger partial charge in [0, 0.05) is 18.2 Å². The highest BCUT2D eigenvalue weighted by Crippen LogP contribution is 2.20. The second-order valence-corrected chi connectivity index (χ2v) is 5.05. The fraction of sp³-hybridized carbons (Fsp3) is 0.263. The van der Waals surface area contributed by atoms with E-state index >= 15 is 0 Å². The van der Waals surface area contributed by atoms with E-state index in [-0.39, 0.29) is 6.04 Å². The topological polar surface area (TPSA) is 30.5 Å². The van der Waals surface area contributed by atoms with Crippen LogP contribution in [0.3, 0.4) is 0 Å². The molecule has 2 aromatic carbocycles. The number of methoxy groups -OCH3 is 2. The number of para-hydroxylation sites is 1. The number of nitrogens with one attached hydrogen (secondary N) is 1. The first-order valence-electron chi connectivity index (χ1n) is 7.41. The highest BCUT2D eigenvalue weighted by atomic mass is 16.5. The van der Waals surface area contributed by atoms with Crippen molar-refractivity contribution in [2.45, 2.75) is 13.0 Å². The summed E-state index contributed by atoms with van der Waals surface area (Å²) in [5.74, 6) is 1.77. The fourth-order valence-corrected chi connectivity index (χ4v) is 2.26. The van der Waals surface area contributed by atoms with Crippen LogP contribution in [0, 0.1) is 0 Å². The lowest BCUT2D eigenvalue weighted by Crippen LogP contribution is -2.18. The molecule has 0 aliphatic rings. The van der Waals surface area contributed by atoms with Gasteiger partial charge in [0.2, 0.25) is 0 Å². The fourth-order valence-electron chi connectivity index (χ4n) is 2.26. The maximum atomic E-state index is 5.33. The van der Waals surface area contributed by atoms with Crippen LogP contribution in [0.15, 0.2) is 54.6 Å². The van der Waals surface area contributed by atoms with Crippen LogP contribution in [0.5, 0.6) is 11.5 Å². The molecule has 0 aliphatic carbocycles. The molecule has 0 saturated heterocycles. The molecule has 1 unspecified atom stereocenters. The van der Waals surface area contributed by atoms with Crippen LogP contribution >= 0.6 is 0 Å². The molecule has 0 radical (unpaired) electrons. The Balaban J connectivity index is 1.91. The lowest BCUT2D eigenvalue weighted by Gasteiger charge is -2.13. The van der Waals surface area contributed by atoms with Crippen molar-refractivity contribution in [3.63, 3.8) is 0 Å². The number of rotatable bonds is 7. The van der Waals surface area contributed by atoms with Crippen molar-refractivity contribution in [2.75, 3.05) is 20.8 Å². The maximum absolute atomic E-state index is 5.33. The Bertz CT molecular complexity index is 622. The van der Waals surface area contributed by atoms with Crippen molar-refractivity contribution >= 4 is 6.08 Å². The summed E-state index contributed by atoms with van der Waals surface area (Å²) >= 11 is 0. The summed E-state index contributed by atoms with van der Waals surface area (Å²) < 4.78 is 10.6. The van der Waals surface area contributed by atoms with E-state index in [0.717, 1.165) is 23.6 Å². The third-order valence-electron chi connectivity index (χ3n) is 3.57. The van der Waals surface area contributed by atoms with Gasteiger partial charge < -0.3 is 14.8 Å². The van der Waals surface area contributed by atoms with E-state index in [1.54, 1.807) is 14.2 Å². The van der Waals surface area contributed by atoms with Gasteiger partial charge in [0.15, 0.2) is 0 Å². The van der Waals surface area contributed by atoms with Crippen molar-refractivity contribution < 1.29 is 9.47 Å². The van der Waals surface area contributed by atoms with Crippen LogP contribution in [-0.4, -0.2) is 20.8 Å². The highest BCUT2D eigenvalue weighted by Gasteiger charge is 2.04. The van der Waals surface area contributed by atoms with Crippen molar-refractivity contribution in [3.8, 4) is 11.5 Å². The van der Waals surface area contributed by atoms with Gasteiger partial charge in [-0.3, -0.25) is 0 Å². The summed E-state index contributed by atoms with van der Waals surface area (Å²) in [4.78, 5) is 0. The zero-order valence-electron chi connectivity index (χ0n) is 13.4. The molecule has 0 heterocycles. The Morgan fingerprint density at radius 3 is 2.64 bits per heavy atom. The SMILES string of the molecule is COc1cccc(C(C)NC/C=C/c2ccccc2OC)c1. The van der Waals surface area contributed by atoms with Gasteiger partial charge in [0.05, 0.1) is 14.2 Å². The lowest BCUT2D eigenvalue weighted by molar-refractivity contribution is 0.413. The van der Waals surface area contributed by atoms with Crippen LogP contribution in [0.2, 0.25) is 0 Å². The number of ether oxygens (including phenoxy) is 2. The van der Waals surface area contributed by atoms with Gasteiger partial charge in [0.25, 0.3) is 0 Å². The van der Waals surface area contributed by atoms with Crippen molar-refractivity contribution in [3.05, 3.63) is 65.7 Å². The molecule has 0 fully saturated rings. The normalized spacial score (nSPS) is 12.3. The van der Waals surface area contributed by atoms with Gasteiger partial charge in [-0.05, 0) is 30.7 Å². The third-order valence-corrected chi connectivity index (χ3v) is 3.57. The third kappa shape index (κ3) is 4.37. The molecule has 1 N–H and O–H groups in total. The molecule has 3 heteroatoms. The average Bonchev–Trinajstić information content (AvgIpc) is 2.58. The molecule has 116 valence electrons. The van der Waals surface area contributed by atoms with Crippen LogP contribution in [0.4, 0.5) is 0 Å². The van der Waals surface area contributed by atoms with Crippen molar-refractivity contribution in [1.82, 2.24) is 5.32 Å². The van der Waals surface area contributed by atoms with Crippen LogP contribution in [0.1, 0.15) is 24.1 Å². The summed E-state index contributed by atoms with van der Waals surface area (Å²) in [6.07, 6.45) is 4.18. The summed E-state index contributed by atoms with van der Waals surface area (Å²) in [6, 6.07) is 16.4. The van der Waals surface area contributed by atoms with Crippen LogP contribution in [0.25, 0.3) is 6.08 Å². The molecule has 2 aromatic rings. The average molecular weight is 297 g/mol. The molecule has 1 atom stereocenters. The van der Waals surface area contributed by atoms with Crippen LogP contribution in [-0.2, 0) is 0 Å². The van der Waals surface area contributed by atoms with Gasteiger partial charge in [-0.15, -0.1) is 0 Å². The Labute approximate surface area is 132 Å². The minimum Gasteiger partial charge on any atom is -0.497 e. The predicted octanol–water partition coefficient (Wildman–Crippen LogP) is 4.07. The molecule has 0 saturated carbocycles. The highest BCUT2D eigenvalue weighted by molar-refractivity contribution is 5.57. The van der Waals surface area contributed by atoms with Gasteiger partial charge in [-0.25, -0.2) is 0 Å². The van der Waals surface area contributed by atoms with E-state index in [2.05, 4.69) is 36.5 Å². The summed E-state index contributed by atoms with van der Waals surface area (Å²) in [6.45, 7) is 2.93. The second kappa shape index (κ2) is 8.25. The number of hydrogen-bond acceptors (Lipinski definition) is 3. The van der Waals surface area contributed by atoms with Crippen LogP contribution < -0.4 is 14.8 Å². The molecule has 0 amide bonds. The first kappa shape index (κ1) is 16.1. The predicted molar refractivity (Wildman–Crippen MR) is 91.4 cm³/mol. The molecular weight excluding hydrogens is 274 g/mol. The Kier molecular flexibility index (Phi) is 6.04. The van der Waals surface area contributed by atoms with E-state index < -0.39 is 0 Å². The Hall–Kier alpha value is -2.26. The Morgan fingerprint density at radius 2 is 1.86 bits per heavy atom. The molecule has 0 aliphatic heterocycles. The molecule has 0 aromatic heterocycles. The monoisotopic (exact) mass is 297 g/mol. The van der Waals surface area contributed by atoms with Gasteiger partial charge >= 0.3 is 0 Å². The lowest BCUT2D eigenvalue weighted by atomic mass is 10.1. The smallest absolute Gasteiger partial charge is 0.126 e. The quantitative estimate of drug-likeness (QED) is 0.835. The summed E-state index contributed by atoms with van der Waals surface area (Å²) in [7, 11) is 3.38. The minimum atomic E-state index is 0.261. The molecule has 3 nitrogen and oxygen atoms in total. The zero-order chi connectivity index (χ0) is 15.8. The van der Waals surface area contributed by atoms with Gasteiger partial charge in [-0.2, -0.15) is 0 Å². The maximum Gasteiger partial charge on any atom is 0.126 e. The van der Waals surface area contributed by atoms with Gasteiger partial charge in [0.1, 0.15) is 11.5 Å². The van der Waals surface area contributed by atoms with E-state index in [4.69, 9.17) is 9.47 Å². The summed E-state index contributed by atoms with van der Waals surface area (Å²) in [5.41, 5.74) is 2.30. The first-order chi connectivity index (χ1) is 10.7. The zero-order valence-corrected chi connectivity index (χ0v) is 13.4. The molecule has 22 heavy (non-hydrogen) atoms. The number of benzene rings is 2. The second-order valence-electron chi connectivity index (χ2n) is 5.05. The number of hydrogen-bond donors (Lipinski definition) is 1.